The maximum absolute atomic E-state index is 12.3. The fourth-order valence-electron chi connectivity index (χ4n) is 2.84. The number of nitrogens with one attached hydrogen (secondary N) is 1. The number of carboxylic acid groups (broad SMARTS) is 1. The molecule has 1 amide bonds. The Morgan fingerprint density at radius 2 is 1.76 bits per heavy atom. The molecule has 0 aromatic heterocycles. The normalized spacial score (nSPS) is 12.5. The minimum absolute atomic E-state index is 0.0146. The van der Waals surface area contributed by atoms with Crippen molar-refractivity contribution in [3.63, 3.8) is 0 Å². The van der Waals surface area contributed by atoms with Gasteiger partial charge in [-0.1, -0.05) is 56.3 Å². The van der Waals surface area contributed by atoms with E-state index in [0.717, 1.165) is 5.56 Å². The first-order valence-corrected chi connectivity index (χ1v) is 9.44. The molecule has 2 aromatic carbocycles. The van der Waals surface area contributed by atoms with Crippen LogP contribution in [-0.2, 0) is 26.5 Å². The molecule has 0 fully saturated rings. The number of aliphatic carboxylic acids is 1. The molecule has 2 rings (SSSR count). The number of alkyl carbamates (subject to hydrolysis) is 1. The molecule has 7 nitrogen and oxygen atoms in total. The molecule has 1 atom stereocenters. The summed E-state index contributed by atoms with van der Waals surface area (Å²) in [5.74, 6) is -1.43. The molecule has 0 aliphatic carbocycles. The standard InChI is InChI=1S/C22H25NO6/c1-3-9-19(24)29-18-13-8-12-17(14-18)22(4-2,20(25)26)23-21(27)28-15-16-10-6-5-7-11-16/h5-8,10-14H,3-4,9,15H2,1-2H3,(H,23,27)(H,25,26). The van der Waals surface area contributed by atoms with Crippen LogP contribution in [0.1, 0.15) is 44.2 Å². The topological polar surface area (TPSA) is 102 Å². The van der Waals surface area contributed by atoms with Gasteiger partial charge >= 0.3 is 18.0 Å². The number of hydrogen-bond acceptors (Lipinski definition) is 5. The number of carbonyl (C=O) groups excluding carboxylic acids is 2. The zero-order valence-corrected chi connectivity index (χ0v) is 16.5. The van der Waals surface area contributed by atoms with Crippen LogP contribution in [0.2, 0.25) is 0 Å². The van der Waals surface area contributed by atoms with Gasteiger partial charge in [-0.25, -0.2) is 9.59 Å². The molecule has 0 bridgehead atoms. The summed E-state index contributed by atoms with van der Waals surface area (Å²) in [7, 11) is 0. The van der Waals surface area contributed by atoms with Gasteiger partial charge in [0.25, 0.3) is 0 Å². The average Bonchev–Trinajstić information content (AvgIpc) is 2.71. The summed E-state index contributed by atoms with van der Waals surface area (Å²) >= 11 is 0. The highest BCUT2D eigenvalue weighted by Crippen LogP contribution is 2.29. The van der Waals surface area contributed by atoms with Gasteiger partial charge in [0.15, 0.2) is 5.54 Å². The van der Waals surface area contributed by atoms with Crippen molar-refractivity contribution in [1.29, 1.82) is 0 Å². The first-order chi connectivity index (χ1) is 13.9. The summed E-state index contributed by atoms with van der Waals surface area (Å²) in [6.45, 7) is 3.51. The molecule has 1 unspecified atom stereocenters. The highest BCUT2D eigenvalue weighted by molar-refractivity contribution is 5.86. The molecule has 2 N–H and O–H groups in total. The van der Waals surface area contributed by atoms with E-state index in [1.807, 2.05) is 25.1 Å². The Bertz CT molecular complexity index is 851. The van der Waals surface area contributed by atoms with E-state index in [9.17, 15) is 19.5 Å². The SMILES string of the molecule is CCCC(=O)Oc1cccc(C(CC)(NC(=O)OCc2ccccc2)C(=O)O)c1. The predicted octanol–water partition coefficient (Wildman–Crippen LogP) is 4.01. The lowest BCUT2D eigenvalue weighted by molar-refractivity contribution is -0.145. The minimum Gasteiger partial charge on any atom is -0.479 e. The smallest absolute Gasteiger partial charge is 0.408 e. The molecular weight excluding hydrogens is 374 g/mol. The van der Waals surface area contributed by atoms with Crippen LogP contribution in [0.25, 0.3) is 0 Å². The van der Waals surface area contributed by atoms with E-state index >= 15 is 0 Å². The molecule has 154 valence electrons. The molecule has 7 heteroatoms. The first kappa shape index (κ1) is 21.9. The van der Waals surface area contributed by atoms with Crippen LogP contribution < -0.4 is 10.1 Å². The summed E-state index contributed by atoms with van der Waals surface area (Å²) in [4.78, 5) is 36.2. The van der Waals surface area contributed by atoms with Crippen molar-refractivity contribution in [3.05, 3.63) is 65.7 Å². The van der Waals surface area contributed by atoms with E-state index < -0.39 is 23.6 Å². The summed E-state index contributed by atoms with van der Waals surface area (Å²) in [6, 6.07) is 15.2. The van der Waals surface area contributed by atoms with Gasteiger partial charge < -0.3 is 19.9 Å². The van der Waals surface area contributed by atoms with Gasteiger partial charge in [-0.05, 0) is 36.1 Å². The van der Waals surface area contributed by atoms with E-state index in [1.54, 1.807) is 37.3 Å². The molecule has 0 saturated carbocycles. The van der Waals surface area contributed by atoms with Crippen LogP contribution in [0.4, 0.5) is 4.79 Å². The monoisotopic (exact) mass is 399 g/mol. The van der Waals surface area contributed by atoms with E-state index in [0.29, 0.717) is 6.42 Å². The molecule has 0 aliphatic rings. The summed E-state index contributed by atoms with van der Waals surface area (Å²) < 4.78 is 10.4. The first-order valence-electron chi connectivity index (χ1n) is 9.44. The van der Waals surface area contributed by atoms with Crippen LogP contribution >= 0.6 is 0 Å². The molecule has 0 spiro atoms. The van der Waals surface area contributed by atoms with Gasteiger partial charge in [0, 0.05) is 6.42 Å². The predicted molar refractivity (Wildman–Crippen MR) is 106 cm³/mol. The molecule has 29 heavy (non-hydrogen) atoms. The third-order valence-corrected chi connectivity index (χ3v) is 4.44. The highest BCUT2D eigenvalue weighted by Gasteiger charge is 2.41. The van der Waals surface area contributed by atoms with Crippen LogP contribution in [-0.4, -0.2) is 23.1 Å². The van der Waals surface area contributed by atoms with Crippen LogP contribution in [0, 0.1) is 0 Å². The van der Waals surface area contributed by atoms with E-state index in [2.05, 4.69) is 5.32 Å². The van der Waals surface area contributed by atoms with Crippen molar-refractivity contribution in [3.8, 4) is 5.75 Å². The zero-order chi connectivity index (χ0) is 21.3. The van der Waals surface area contributed by atoms with E-state index in [1.165, 1.54) is 6.07 Å². The van der Waals surface area contributed by atoms with Gasteiger partial charge in [-0.3, -0.25) is 4.79 Å². The lowest BCUT2D eigenvalue weighted by atomic mass is 9.87. The van der Waals surface area contributed by atoms with Gasteiger partial charge in [0.2, 0.25) is 0 Å². The Balaban J connectivity index is 2.20. The van der Waals surface area contributed by atoms with Gasteiger partial charge in [-0.15, -0.1) is 0 Å². The number of hydrogen-bond donors (Lipinski definition) is 2. The Morgan fingerprint density at radius 3 is 2.38 bits per heavy atom. The van der Waals surface area contributed by atoms with Gasteiger partial charge in [0.05, 0.1) is 0 Å². The van der Waals surface area contributed by atoms with Crippen LogP contribution in [0.3, 0.4) is 0 Å². The largest absolute Gasteiger partial charge is 0.479 e. The van der Waals surface area contributed by atoms with Crippen molar-refractivity contribution in [2.24, 2.45) is 0 Å². The quantitative estimate of drug-likeness (QED) is 0.488. The van der Waals surface area contributed by atoms with Crippen molar-refractivity contribution in [1.82, 2.24) is 5.32 Å². The molecule has 0 saturated heterocycles. The molecule has 0 aliphatic heterocycles. The van der Waals surface area contributed by atoms with Crippen molar-refractivity contribution >= 4 is 18.0 Å². The van der Waals surface area contributed by atoms with Crippen molar-refractivity contribution in [2.75, 3.05) is 0 Å². The summed E-state index contributed by atoms with van der Waals surface area (Å²) in [5.41, 5.74) is -0.656. The Labute approximate surface area is 169 Å². The Morgan fingerprint density at radius 1 is 1.03 bits per heavy atom. The zero-order valence-electron chi connectivity index (χ0n) is 16.5. The Kier molecular flexibility index (Phi) is 7.77. The number of benzene rings is 2. The second-order valence-electron chi connectivity index (χ2n) is 6.50. The fraction of sp³-hybridized carbons (Fsp3) is 0.318. The minimum atomic E-state index is -1.72. The van der Waals surface area contributed by atoms with Gasteiger partial charge in [0.1, 0.15) is 12.4 Å². The molecule has 0 radical (unpaired) electrons. The highest BCUT2D eigenvalue weighted by atomic mass is 16.5. The lowest BCUT2D eigenvalue weighted by Gasteiger charge is -2.29. The number of rotatable bonds is 9. The third kappa shape index (κ3) is 5.81. The van der Waals surface area contributed by atoms with Crippen LogP contribution in [0.15, 0.2) is 54.6 Å². The second kappa shape index (κ2) is 10.3. The van der Waals surface area contributed by atoms with Crippen molar-refractivity contribution < 1.29 is 29.0 Å². The molecule has 0 heterocycles. The van der Waals surface area contributed by atoms with E-state index in [4.69, 9.17) is 9.47 Å². The summed E-state index contributed by atoms with van der Waals surface area (Å²) in [5, 5.41) is 12.4. The average molecular weight is 399 g/mol. The van der Waals surface area contributed by atoms with Gasteiger partial charge in [-0.2, -0.15) is 0 Å². The maximum atomic E-state index is 12.3. The van der Waals surface area contributed by atoms with Crippen LogP contribution in [0.5, 0.6) is 5.75 Å². The lowest BCUT2D eigenvalue weighted by Crippen LogP contribution is -2.51. The molecular formula is C22H25NO6. The van der Waals surface area contributed by atoms with E-state index in [-0.39, 0.29) is 30.8 Å². The maximum Gasteiger partial charge on any atom is 0.408 e. The number of amides is 1. The molecule has 2 aromatic rings. The number of ether oxygens (including phenoxy) is 2. The third-order valence-electron chi connectivity index (χ3n) is 4.44. The number of carbonyl (C=O) groups is 3. The second-order valence-corrected chi connectivity index (χ2v) is 6.50. The number of carboxylic acids is 1. The fourth-order valence-corrected chi connectivity index (χ4v) is 2.84. The Hall–Kier alpha value is -3.35. The summed E-state index contributed by atoms with van der Waals surface area (Å²) in [6.07, 6.45) is 0.106. The van der Waals surface area contributed by atoms with Crippen molar-refractivity contribution in [2.45, 2.75) is 45.3 Å². The number of esters is 1.